The summed E-state index contributed by atoms with van der Waals surface area (Å²) >= 11 is 2.70. The topological polar surface area (TPSA) is 103 Å². The SMILES string of the molecule is COC(=O)c1ccccc1-c1ccc(C=c2sc3n(c2=O)[C@@H](c2cccs2)C(C(=O)Nc2ccccc2)=C(C)N=3)o1. The molecule has 1 aliphatic rings. The van der Waals surface area contributed by atoms with Gasteiger partial charge >= 0.3 is 5.97 Å². The molecule has 0 bridgehead atoms. The number of hydrogen-bond acceptors (Lipinski definition) is 8. The number of carbonyl (C=O) groups is 2. The Balaban J connectivity index is 1.42. The molecular formula is C31H23N3O5S2. The number of esters is 1. The molecule has 6 rings (SSSR count). The van der Waals surface area contributed by atoms with E-state index in [0.717, 1.165) is 4.88 Å². The lowest BCUT2D eigenvalue weighted by molar-refractivity contribution is -0.113. The number of nitrogens with one attached hydrogen (secondary N) is 1. The maximum absolute atomic E-state index is 13.8. The van der Waals surface area contributed by atoms with Gasteiger partial charge in [0.05, 0.1) is 28.5 Å². The van der Waals surface area contributed by atoms with Crippen molar-refractivity contribution in [1.29, 1.82) is 0 Å². The zero-order chi connectivity index (χ0) is 28.5. The number of para-hydroxylation sites is 1. The number of benzene rings is 2. The molecule has 3 aromatic heterocycles. The number of fused-ring (bicyclic) bond motifs is 1. The predicted molar refractivity (Wildman–Crippen MR) is 159 cm³/mol. The van der Waals surface area contributed by atoms with E-state index >= 15 is 0 Å². The minimum Gasteiger partial charge on any atom is -0.465 e. The molecule has 1 atom stereocenters. The van der Waals surface area contributed by atoms with E-state index in [9.17, 15) is 14.4 Å². The Labute approximate surface area is 242 Å². The van der Waals surface area contributed by atoms with Crippen molar-refractivity contribution in [2.75, 3.05) is 12.4 Å². The molecule has 0 fully saturated rings. The number of ether oxygens (including phenoxy) is 1. The first kappa shape index (κ1) is 26.4. The van der Waals surface area contributed by atoms with E-state index in [4.69, 9.17) is 9.15 Å². The number of aromatic nitrogens is 1. The third-order valence-corrected chi connectivity index (χ3v) is 8.52. The molecule has 1 amide bonds. The first-order valence-electron chi connectivity index (χ1n) is 12.6. The van der Waals surface area contributed by atoms with Crippen LogP contribution in [-0.2, 0) is 9.53 Å². The highest BCUT2D eigenvalue weighted by Crippen LogP contribution is 2.33. The number of hydrogen-bond donors (Lipinski definition) is 1. The Morgan fingerprint density at radius 3 is 2.56 bits per heavy atom. The zero-order valence-electron chi connectivity index (χ0n) is 22.0. The summed E-state index contributed by atoms with van der Waals surface area (Å²) in [6.45, 7) is 1.79. The van der Waals surface area contributed by atoms with Gasteiger partial charge in [-0.3, -0.25) is 14.2 Å². The van der Waals surface area contributed by atoms with E-state index in [0.29, 0.717) is 48.9 Å². The third kappa shape index (κ3) is 4.99. The minimum atomic E-state index is -0.629. The second kappa shape index (κ2) is 11.0. The summed E-state index contributed by atoms with van der Waals surface area (Å²) < 4.78 is 12.9. The monoisotopic (exact) mass is 581 g/mol. The van der Waals surface area contributed by atoms with Crippen molar-refractivity contribution >= 4 is 46.3 Å². The summed E-state index contributed by atoms with van der Waals surface area (Å²) in [5.41, 5.74) is 2.30. The second-order valence-corrected chi connectivity index (χ2v) is 11.1. The molecule has 41 heavy (non-hydrogen) atoms. The van der Waals surface area contributed by atoms with Gasteiger partial charge in [-0.25, -0.2) is 9.79 Å². The predicted octanol–water partition coefficient (Wildman–Crippen LogP) is 4.98. The van der Waals surface area contributed by atoms with Crippen LogP contribution in [0.1, 0.15) is 34.0 Å². The van der Waals surface area contributed by atoms with Gasteiger partial charge in [0.15, 0.2) is 4.80 Å². The van der Waals surface area contributed by atoms with Gasteiger partial charge in [-0.1, -0.05) is 53.8 Å². The highest BCUT2D eigenvalue weighted by Gasteiger charge is 2.33. The van der Waals surface area contributed by atoms with Crippen LogP contribution in [0.5, 0.6) is 0 Å². The fraction of sp³-hybridized carbons (Fsp3) is 0.0968. The van der Waals surface area contributed by atoms with Gasteiger partial charge in [-0.05, 0) is 48.7 Å². The number of carbonyl (C=O) groups excluding carboxylic acids is 2. The molecule has 0 aliphatic carbocycles. The van der Waals surface area contributed by atoms with Gasteiger partial charge in [0.1, 0.15) is 17.6 Å². The Morgan fingerprint density at radius 2 is 1.80 bits per heavy atom. The number of allylic oxidation sites excluding steroid dienone is 1. The van der Waals surface area contributed by atoms with Crippen LogP contribution < -0.4 is 20.2 Å². The van der Waals surface area contributed by atoms with Gasteiger partial charge in [-0.15, -0.1) is 11.3 Å². The van der Waals surface area contributed by atoms with Crippen molar-refractivity contribution in [3.8, 4) is 11.3 Å². The average molecular weight is 582 g/mol. The van der Waals surface area contributed by atoms with Crippen LogP contribution in [0.15, 0.2) is 110 Å². The van der Waals surface area contributed by atoms with Crippen LogP contribution >= 0.6 is 22.7 Å². The van der Waals surface area contributed by atoms with Crippen LogP contribution in [0.3, 0.4) is 0 Å². The number of thiophene rings is 1. The molecule has 4 heterocycles. The second-order valence-electron chi connectivity index (χ2n) is 9.16. The number of furan rings is 1. The van der Waals surface area contributed by atoms with E-state index < -0.39 is 12.0 Å². The Hall–Kier alpha value is -4.80. The summed E-state index contributed by atoms with van der Waals surface area (Å²) in [6, 6.07) is 22.8. The van der Waals surface area contributed by atoms with Crippen molar-refractivity contribution < 1.29 is 18.7 Å². The van der Waals surface area contributed by atoms with Crippen molar-refractivity contribution in [3.05, 3.63) is 131 Å². The van der Waals surface area contributed by atoms with E-state index in [1.54, 1.807) is 54.0 Å². The summed E-state index contributed by atoms with van der Waals surface area (Å²) in [6.07, 6.45) is 1.66. The van der Waals surface area contributed by atoms with E-state index in [2.05, 4.69) is 10.3 Å². The molecule has 8 nitrogen and oxygen atoms in total. The standard InChI is InChI=1S/C31H23N3O5S2/c1-18-26(28(35)33-19-9-4-3-5-10-19)27(24-13-8-16-40-24)34-29(36)25(41-31(34)32-18)17-20-14-15-23(39-20)21-11-6-7-12-22(21)30(37)38-2/h3-17,27H,1-2H3,(H,33,35)/t27-/m0/s1. The quantitative estimate of drug-likeness (QED) is 0.285. The normalized spacial score (nSPS) is 14.9. The molecular weight excluding hydrogens is 558 g/mol. The molecule has 0 saturated carbocycles. The molecule has 0 unspecified atom stereocenters. The van der Waals surface area contributed by atoms with Crippen molar-refractivity contribution in [2.24, 2.45) is 4.99 Å². The first-order chi connectivity index (χ1) is 19.9. The van der Waals surface area contributed by atoms with Gasteiger partial charge in [0.25, 0.3) is 11.5 Å². The Bertz CT molecular complexity index is 1980. The van der Waals surface area contributed by atoms with Crippen LogP contribution in [0, 0.1) is 0 Å². The van der Waals surface area contributed by atoms with E-state index in [-0.39, 0.29) is 11.5 Å². The Morgan fingerprint density at radius 1 is 1.02 bits per heavy atom. The molecule has 1 aliphatic heterocycles. The fourth-order valence-electron chi connectivity index (χ4n) is 4.74. The molecule has 5 aromatic rings. The van der Waals surface area contributed by atoms with Crippen LogP contribution in [0.4, 0.5) is 5.69 Å². The van der Waals surface area contributed by atoms with Gasteiger partial charge in [-0.2, -0.15) is 0 Å². The largest absolute Gasteiger partial charge is 0.465 e. The fourth-order valence-corrected chi connectivity index (χ4v) is 6.59. The lowest BCUT2D eigenvalue weighted by atomic mass is 10.0. The van der Waals surface area contributed by atoms with Gasteiger partial charge in [0, 0.05) is 22.2 Å². The molecule has 0 radical (unpaired) electrons. The zero-order valence-corrected chi connectivity index (χ0v) is 23.6. The van der Waals surface area contributed by atoms with Gasteiger partial charge in [0.2, 0.25) is 0 Å². The summed E-state index contributed by atoms with van der Waals surface area (Å²) in [5.74, 6) is 0.126. The van der Waals surface area contributed by atoms with E-state index in [1.165, 1.54) is 29.8 Å². The van der Waals surface area contributed by atoms with Crippen molar-refractivity contribution in [3.63, 3.8) is 0 Å². The Kier molecular flexibility index (Phi) is 7.08. The maximum Gasteiger partial charge on any atom is 0.338 e. The first-order valence-corrected chi connectivity index (χ1v) is 14.3. The van der Waals surface area contributed by atoms with Crippen molar-refractivity contribution in [2.45, 2.75) is 13.0 Å². The highest BCUT2D eigenvalue weighted by molar-refractivity contribution is 7.10. The lowest BCUT2D eigenvalue weighted by Gasteiger charge is -2.24. The lowest BCUT2D eigenvalue weighted by Crippen LogP contribution is -2.40. The molecule has 0 saturated heterocycles. The number of nitrogens with zero attached hydrogens (tertiary/aromatic N) is 2. The highest BCUT2D eigenvalue weighted by atomic mass is 32.1. The third-order valence-electron chi connectivity index (χ3n) is 6.61. The van der Waals surface area contributed by atoms with Gasteiger partial charge < -0.3 is 14.5 Å². The maximum atomic E-state index is 13.8. The van der Waals surface area contributed by atoms with Crippen molar-refractivity contribution in [1.82, 2.24) is 4.57 Å². The number of rotatable bonds is 6. The number of anilines is 1. The van der Waals surface area contributed by atoms with Crippen LogP contribution in [0.2, 0.25) is 0 Å². The number of thiazole rings is 1. The summed E-state index contributed by atoms with van der Waals surface area (Å²) in [7, 11) is 1.33. The van der Waals surface area contributed by atoms with Crippen LogP contribution in [-0.4, -0.2) is 23.6 Å². The molecule has 0 spiro atoms. The molecule has 1 N–H and O–H groups in total. The van der Waals surface area contributed by atoms with E-state index in [1.807, 2.05) is 47.8 Å². The molecule has 10 heteroatoms. The molecule has 204 valence electrons. The smallest absolute Gasteiger partial charge is 0.338 e. The number of methoxy groups -OCH3 is 1. The average Bonchev–Trinajstić information content (AvgIpc) is 3.74. The molecule has 2 aromatic carbocycles. The number of amides is 1. The summed E-state index contributed by atoms with van der Waals surface area (Å²) in [4.78, 5) is 45.6. The summed E-state index contributed by atoms with van der Waals surface area (Å²) in [5, 5.41) is 4.87. The minimum absolute atomic E-state index is 0.280. The van der Waals surface area contributed by atoms with Crippen LogP contribution in [0.25, 0.3) is 17.4 Å².